The third kappa shape index (κ3) is 3.09. The molecule has 2 aromatic heterocycles. The SMILES string of the molecule is CC(Nc1ncnc2c1ncn2C1CCC(CO)O1)c1cccc(O)c1. The zero-order chi connectivity index (χ0) is 18.1. The summed E-state index contributed by atoms with van der Waals surface area (Å²) in [5, 5.41) is 22.3. The highest BCUT2D eigenvalue weighted by atomic mass is 16.5. The van der Waals surface area contributed by atoms with Crippen LogP contribution in [0.3, 0.4) is 0 Å². The minimum Gasteiger partial charge on any atom is -0.508 e. The predicted octanol–water partition coefficient (Wildman–Crippen LogP) is 2.37. The molecular formula is C18H21N5O3. The number of phenolic OH excluding ortho intramolecular Hbond substituents is 1. The first-order valence-electron chi connectivity index (χ1n) is 8.65. The Balaban J connectivity index is 1.61. The number of ether oxygens (including phenoxy) is 1. The van der Waals surface area contributed by atoms with Crippen molar-refractivity contribution in [2.24, 2.45) is 0 Å². The van der Waals surface area contributed by atoms with Crippen LogP contribution in [0.15, 0.2) is 36.9 Å². The summed E-state index contributed by atoms with van der Waals surface area (Å²) >= 11 is 0. The van der Waals surface area contributed by atoms with Gasteiger partial charge in [-0.3, -0.25) is 4.57 Å². The summed E-state index contributed by atoms with van der Waals surface area (Å²) in [6.07, 6.45) is 4.50. The van der Waals surface area contributed by atoms with Crippen LogP contribution in [0.2, 0.25) is 0 Å². The molecule has 1 aliphatic rings. The van der Waals surface area contributed by atoms with Gasteiger partial charge in [0, 0.05) is 0 Å². The van der Waals surface area contributed by atoms with Crippen molar-refractivity contribution in [3.8, 4) is 5.75 Å². The van der Waals surface area contributed by atoms with Gasteiger partial charge in [-0.1, -0.05) is 12.1 Å². The molecule has 0 amide bonds. The molecule has 3 heterocycles. The molecule has 1 saturated heterocycles. The highest BCUT2D eigenvalue weighted by Gasteiger charge is 2.28. The lowest BCUT2D eigenvalue weighted by molar-refractivity contribution is -0.0207. The number of imidazole rings is 1. The Labute approximate surface area is 150 Å². The van der Waals surface area contributed by atoms with Gasteiger partial charge in [-0.05, 0) is 37.5 Å². The molecule has 136 valence electrons. The molecule has 0 radical (unpaired) electrons. The standard InChI is InChI=1S/C18H21N5O3/c1-11(12-3-2-4-13(25)7-12)22-17-16-18(20-9-19-17)23(10-21-16)15-6-5-14(8-24)26-15/h2-4,7,9-11,14-15,24-25H,5-6,8H2,1H3,(H,19,20,22). The first-order chi connectivity index (χ1) is 12.7. The number of nitrogens with zero attached hydrogens (tertiary/aromatic N) is 4. The second-order valence-corrected chi connectivity index (χ2v) is 6.48. The summed E-state index contributed by atoms with van der Waals surface area (Å²) in [5.74, 6) is 0.853. The van der Waals surface area contributed by atoms with Crippen molar-refractivity contribution in [2.75, 3.05) is 11.9 Å². The second kappa shape index (κ2) is 6.89. The Bertz CT molecular complexity index is 913. The number of fused-ring (bicyclic) bond motifs is 1. The first-order valence-corrected chi connectivity index (χ1v) is 8.65. The average molecular weight is 355 g/mol. The molecular weight excluding hydrogens is 334 g/mol. The largest absolute Gasteiger partial charge is 0.508 e. The van der Waals surface area contributed by atoms with E-state index < -0.39 is 0 Å². The van der Waals surface area contributed by atoms with E-state index in [9.17, 15) is 10.2 Å². The number of rotatable bonds is 5. The van der Waals surface area contributed by atoms with Crippen LogP contribution >= 0.6 is 0 Å². The van der Waals surface area contributed by atoms with Gasteiger partial charge >= 0.3 is 0 Å². The number of benzene rings is 1. The summed E-state index contributed by atoms with van der Waals surface area (Å²) in [4.78, 5) is 13.1. The van der Waals surface area contributed by atoms with Crippen molar-refractivity contribution >= 4 is 17.0 Å². The molecule has 1 aliphatic heterocycles. The van der Waals surface area contributed by atoms with Crippen LogP contribution in [0, 0.1) is 0 Å². The maximum Gasteiger partial charge on any atom is 0.167 e. The van der Waals surface area contributed by atoms with Gasteiger partial charge in [0.05, 0.1) is 25.1 Å². The van der Waals surface area contributed by atoms with E-state index in [4.69, 9.17) is 4.74 Å². The minimum atomic E-state index is -0.177. The van der Waals surface area contributed by atoms with Gasteiger partial charge in [0.15, 0.2) is 17.0 Å². The molecule has 4 rings (SSSR count). The van der Waals surface area contributed by atoms with Crippen LogP contribution < -0.4 is 5.32 Å². The smallest absolute Gasteiger partial charge is 0.167 e. The minimum absolute atomic E-state index is 0.0202. The second-order valence-electron chi connectivity index (χ2n) is 6.48. The molecule has 1 fully saturated rings. The highest BCUT2D eigenvalue weighted by Crippen LogP contribution is 2.32. The first kappa shape index (κ1) is 16.7. The molecule has 0 spiro atoms. The lowest BCUT2D eigenvalue weighted by Crippen LogP contribution is -2.14. The quantitative estimate of drug-likeness (QED) is 0.645. The van der Waals surface area contributed by atoms with Gasteiger partial charge in [0.1, 0.15) is 18.3 Å². The van der Waals surface area contributed by atoms with E-state index in [0.717, 1.165) is 18.4 Å². The van der Waals surface area contributed by atoms with Crippen molar-refractivity contribution in [1.29, 1.82) is 0 Å². The van der Waals surface area contributed by atoms with E-state index in [0.29, 0.717) is 17.0 Å². The Morgan fingerprint density at radius 2 is 2.19 bits per heavy atom. The number of phenols is 1. The fraction of sp³-hybridized carbons (Fsp3) is 0.389. The highest BCUT2D eigenvalue weighted by molar-refractivity contribution is 5.82. The molecule has 3 aromatic rings. The molecule has 0 aliphatic carbocycles. The van der Waals surface area contributed by atoms with E-state index >= 15 is 0 Å². The normalized spacial score (nSPS) is 21.2. The fourth-order valence-electron chi connectivity index (χ4n) is 3.28. The molecule has 26 heavy (non-hydrogen) atoms. The zero-order valence-electron chi connectivity index (χ0n) is 14.4. The van der Waals surface area contributed by atoms with Crippen molar-refractivity contribution in [2.45, 2.75) is 38.1 Å². The van der Waals surface area contributed by atoms with E-state index in [1.807, 2.05) is 23.6 Å². The summed E-state index contributed by atoms with van der Waals surface area (Å²) in [5.41, 5.74) is 2.30. The monoisotopic (exact) mass is 355 g/mol. The zero-order valence-corrected chi connectivity index (χ0v) is 14.4. The van der Waals surface area contributed by atoms with Crippen molar-refractivity contribution in [3.05, 3.63) is 42.5 Å². The summed E-state index contributed by atoms with van der Waals surface area (Å²) in [6, 6.07) is 7.04. The Hall–Kier alpha value is -2.71. The molecule has 1 aromatic carbocycles. The van der Waals surface area contributed by atoms with E-state index in [-0.39, 0.29) is 30.7 Å². The Kier molecular flexibility index (Phi) is 4.44. The van der Waals surface area contributed by atoms with Gasteiger partial charge in [0.2, 0.25) is 0 Å². The number of aliphatic hydroxyl groups is 1. The third-order valence-corrected chi connectivity index (χ3v) is 4.68. The maximum atomic E-state index is 9.67. The number of hydrogen-bond acceptors (Lipinski definition) is 7. The summed E-state index contributed by atoms with van der Waals surface area (Å²) in [7, 11) is 0. The van der Waals surface area contributed by atoms with E-state index in [2.05, 4.69) is 20.3 Å². The summed E-state index contributed by atoms with van der Waals surface area (Å²) < 4.78 is 7.72. The van der Waals surface area contributed by atoms with Gasteiger partial charge in [-0.2, -0.15) is 0 Å². The number of aliphatic hydroxyl groups excluding tert-OH is 1. The molecule has 3 atom stereocenters. The van der Waals surface area contributed by atoms with Crippen LogP contribution in [0.25, 0.3) is 11.2 Å². The molecule has 3 N–H and O–H groups in total. The van der Waals surface area contributed by atoms with Crippen molar-refractivity contribution < 1.29 is 14.9 Å². The maximum absolute atomic E-state index is 9.67. The lowest BCUT2D eigenvalue weighted by atomic mass is 10.1. The van der Waals surface area contributed by atoms with E-state index in [1.54, 1.807) is 18.5 Å². The van der Waals surface area contributed by atoms with Crippen LogP contribution in [0.4, 0.5) is 5.82 Å². The summed E-state index contributed by atoms with van der Waals surface area (Å²) in [6.45, 7) is 2.01. The van der Waals surface area contributed by atoms with Crippen LogP contribution in [-0.2, 0) is 4.74 Å². The number of aromatic nitrogens is 4. The molecule has 8 nitrogen and oxygen atoms in total. The van der Waals surface area contributed by atoms with Gasteiger partial charge < -0.3 is 20.3 Å². The number of anilines is 1. The Morgan fingerprint density at radius 3 is 2.96 bits per heavy atom. The van der Waals surface area contributed by atoms with Crippen molar-refractivity contribution in [3.63, 3.8) is 0 Å². The molecule has 0 bridgehead atoms. The van der Waals surface area contributed by atoms with Crippen LogP contribution in [0.5, 0.6) is 5.75 Å². The average Bonchev–Trinajstić information content (AvgIpc) is 3.28. The number of nitrogens with one attached hydrogen (secondary N) is 1. The Morgan fingerprint density at radius 1 is 1.31 bits per heavy atom. The third-order valence-electron chi connectivity index (χ3n) is 4.68. The number of hydrogen-bond donors (Lipinski definition) is 3. The topological polar surface area (TPSA) is 105 Å². The predicted molar refractivity (Wildman–Crippen MR) is 95.7 cm³/mol. The van der Waals surface area contributed by atoms with Gasteiger partial charge in [0.25, 0.3) is 0 Å². The number of aromatic hydroxyl groups is 1. The molecule has 8 heteroatoms. The van der Waals surface area contributed by atoms with Crippen molar-refractivity contribution in [1.82, 2.24) is 19.5 Å². The van der Waals surface area contributed by atoms with Crippen LogP contribution in [-0.4, -0.2) is 42.4 Å². The van der Waals surface area contributed by atoms with E-state index in [1.165, 1.54) is 6.33 Å². The van der Waals surface area contributed by atoms with Crippen LogP contribution in [0.1, 0.15) is 37.6 Å². The van der Waals surface area contributed by atoms with Gasteiger partial charge in [-0.25, -0.2) is 15.0 Å². The lowest BCUT2D eigenvalue weighted by Gasteiger charge is -2.16. The molecule has 3 unspecified atom stereocenters. The molecule has 0 saturated carbocycles. The fourth-order valence-corrected chi connectivity index (χ4v) is 3.28. The van der Waals surface area contributed by atoms with Gasteiger partial charge in [-0.15, -0.1) is 0 Å².